The van der Waals surface area contributed by atoms with Gasteiger partial charge in [0.15, 0.2) is 5.82 Å². The van der Waals surface area contributed by atoms with E-state index in [0.717, 1.165) is 36.4 Å². The number of nitrogens with zero attached hydrogens (tertiary/aromatic N) is 3. The zero-order chi connectivity index (χ0) is 20.1. The summed E-state index contributed by atoms with van der Waals surface area (Å²) in [5.74, 6) is 1.94. The highest BCUT2D eigenvalue weighted by Gasteiger charge is 2.32. The summed E-state index contributed by atoms with van der Waals surface area (Å²) in [6.07, 6.45) is 2.41. The molecule has 1 unspecified atom stereocenters. The Hall–Kier alpha value is -3.19. The fraction of sp³-hybridized carbons (Fsp3) is 0.318. The maximum atomic E-state index is 12.8. The van der Waals surface area contributed by atoms with Crippen molar-refractivity contribution in [1.29, 1.82) is 0 Å². The highest BCUT2D eigenvalue weighted by atomic mass is 16.5. The van der Waals surface area contributed by atoms with Gasteiger partial charge in [0.1, 0.15) is 5.75 Å². The van der Waals surface area contributed by atoms with Crippen LogP contribution in [0.1, 0.15) is 30.1 Å². The number of anilines is 1. The van der Waals surface area contributed by atoms with Crippen LogP contribution in [0, 0.1) is 0 Å². The number of hydrogen-bond donors (Lipinski definition) is 1. The summed E-state index contributed by atoms with van der Waals surface area (Å²) < 4.78 is 10.6. The molecule has 0 radical (unpaired) electrons. The Morgan fingerprint density at radius 3 is 2.76 bits per heavy atom. The average Bonchev–Trinajstić information content (AvgIpc) is 3.39. The van der Waals surface area contributed by atoms with E-state index in [-0.39, 0.29) is 11.9 Å². The number of amides is 1. The lowest BCUT2D eigenvalue weighted by molar-refractivity contribution is -0.120. The van der Waals surface area contributed by atoms with Gasteiger partial charge in [0.05, 0.1) is 19.7 Å². The summed E-state index contributed by atoms with van der Waals surface area (Å²) in [7, 11) is 1.62. The van der Waals surface area contributed by atoms with Gasteiger partial charge in [-0.1, -0.05) is 35.5 Å². The van der Waals surface area contributed by atoms with Gasteiger partial charge in [0, 0.05) is 12.1 Å². The molecule has 29 heavy (non-hydrogen) atoms. The molecule has 1 aromatic heterocycles. The molecular formula is C22H24N4O3. The second-order valence-electron chi connectivity index (χ2n) is 7.11. The molecule has 1 aliphatic rings. The van der Waals surface area contributed by atoms with Crippen LogP contribution in [0.5, 0.6) is 5.75 Å². The monoisotopic (exact) mass is 392 g/mol. The average molecular weight is 392 g/mol. The van der Waals surface area contributed by atoms with Crippen LogP contribution in [0.15, 0.2) is 59.1 Å². The van der Waals surface area contributed by atoms with Crippen LogP contribution in [-0.2, 0) is 17.8 Å². The van der Waals surface area contributed by atoms with Gasteiger partial charge in [-0.25, -0.2) is 0 Å². The van der Waals surface area contributed by atoms with Crippen LogP contribution in [0.3, 0.4) is 0 Å². The highest BCUT2D eigenvalue weighted by molar-refractivity contribution is 5.95. The maximum absolute atomic E-state index is 12.8. The number of aromatic nitrogens is 2. The molecule has 0 spiro atoms. The smallest absolute Gasteiger partial charge is 0.241 e. The zero-order valence-electron chi connectivity index (χ0n) is 16.4. The van der Waals surface area contributed by atoms with Crippen molar-refractivity contribution in [1.82, 2.24) is 15.0 Å². The Morgan fingerprint density at radius 2 is 2.00 bits per heavy atom. The molecule has 0 saturated carbocycles. The number of hydrogen-bond acceptors (Lipinski definition) is 6. The first-order valence-electron chi connectivity index (χ1n) is 9.75. The van der Waals surface area contributed by atoms with Gasteiger partial charge in [0.25, 0.3) is 0 Å². The minimum absolute atomic E-state index is 0.0170. The van der Waals surface area contributed by atoms with Crippen LogP contribution in [0.4, 0.5) is 5.69 Å². The van der Waals surface area contributed by atoms with E-state index in [0.29, 0.717) is 24.7 Å². The third kappa shape index (κ3) is 4.81. The topological polar surface area (TPSA) is 80.5 Å². The van der Waals surface area contributed by atoms with Gasteiger partial charge in [-0.05, 0) is 49.2 Å². The summed E-state index contributed by atoms with van der Waals surface area (Å²) >= 11 is 0. The molecule has 2 aromatic carbocycles. The highest BCUT2D eigenvalue weighted by Crippen LogP contribution is 2.22. The predicted molar refractivity (Wildman–Crippen MR) is 109 cm³/mol. The molecule has 2 heterocycles. The van der Waals surface area contributed by atoms with E-state index in [4.69, 9.17) is 9.26 Å². The van der Waals surface area contributed by atoms with Crippen molar-refractivity contribution in [3.05, 3.63) is 71.9 Å². The van der Waals surface area contributed by atoms with E-state index in [1.54, 1.807) is 7.11 Å². The molecule has 1 aliphatic heterocycles. The third-order valence-electron chi connectivity index (χ3n) is 5.08. The van der Waals surface area contributed by atoms with Gasteiger partial charge < -0.3 is 14.6 Å². The summed E-state index contributed by atoms with van der Waals surface area (Å²) in [6.45, 7) is 1.31. The largest absolute Gasteiger partial charge is 0.497 e. The van der Waals surface area contributed by atoms with E-state index in [1.165, 1.54) is 0 Å². The van der Waals surface area contributed by atoms with Gasteiger partial charge in [-0.2, -0.15) is 4.98 Å². The number of rotatable bonds is 7. The van der Waals surface area contributed by atoms with Gasteiger partial charge >= 0.3 is 0 Å². The van der Waals surface area contributed by atoms with Gasteiger partial charge in [-0.15, -0.1) is 0 Å². The first kappa shape index (κ1) is 19.1. The Kier molecular flexibility index (Phi) is 5.86. The minimum Gasteiger partial charge on any atom is -0.497 e. The number of nitrogens with one attached hydrogen (secondary N) is 1. The third-order valence-corrected chi connectivity index (χ3v) is 5.08. The van der Waals surface area contributed by atoms with Crippen molar-refractivity contribution in [2.24, 2.45) is 0 Å². The molecule has 1 N–H and O–H groups in total. The van der Waals surface area contributed by atoms with E-state index < -0.39 is 0 Å². The quantitative estimate of drug-likeness (QED) is 0.665. The summed E-state index contributed by atoms with van der Waals surface area (Å²) in [6, 6.07) is 17.2. The van der Waals surface area contributed by atoms with Crippen molar-refractivity contribution < 1.29 is 14.1 Å². The standard InChI is InChI=1S/C22H24N4O3/c1-28-18-11-9-17(10-12-18)23-22(27)19-8-5-13-26(19)15-21-24-20(25-29-21)14-16-6-3-2-4-7-16/h2-4,6-7,9-12,19H,5,8,13-15H2,1H3,(H,23,27). The first-order valence-corrected chi connectivity index (χ1v) is 9.75. The Bertz CT molecular complexity index is 940. The molecule has 0 bridgehead atoms. The Balaban J connectivity index is 1.36. The number of methoxy groups -OCH3 is 1. The fourth-order valence-electron chi connectivity index (χ4n) is 3.59. The molecular weight excluding hydrogens is 368 g/mol. The zero-order valence-corrected chi connectivity index (χ0v) is 16.4. The molecule has 1 amide bonds. The minimum atomic E-state index is -0.207. The van der Waals surface area contributed by atoms with Crippen molar-refractivity contribution in [3.8, 4) is 5.75 Å². The number of carbonyl (C=O) groups excluding carboxylic acids is 1. The molecule has 150 valence electrons. The van der Waals surface area contributed by atoms with Crippen molar-refractivity contribution in [2.75, 3.05) is 19.0 Å². The van der Waals surface area contributed by atoms with Crippen LogP contribution in [0.2, 0.25) is 0 Å². The molecule has 0 aliphatic carbocycles. The molecule has 7 nitrogen and oxygen atoms in total. The van der Waals surface area contributed by atoms with Gasteiger partial charge in [0.2, 0.25) is 11.8 Å². The Morgan fingerprint density at radius 1 is 1.21 bits per heavy atom. The van der Waals surface area contributed by atoms with Crippen LogP contribution >= 0.6 is 0 Å². The lowest BCUT2D eigenvalue weighted by Crippen LogP contribution is -2.39. The Labute approximate surface area is 169 Å². The normalized spacial score (nSPS) is 16.7. The lowest BCUT2D eigenvalue weighted by Gasteiger charge is -2.22. The molecule has 1 fully saturated rings. The fourth-order valence-corrected chi connectivity index (χ4v) is 3.59. The van der Waals surface area contributed by atoms with Gasteiger partial charge in [-0.3, -0.25) is 9.69 Å². The summed E-state index contributed by atoms with van der Waals surface area (Å²) in [5, 5.41) is 7.07. The van der Waals surface area contributed by atoms with Crippen LogP contribution < -0.4 is 10.1 Å². The lowest BCUT2D eigenvalue weighted by atomic mass is 10.1. The van der Waals surface area contributed by atoms with Crippen molar-refractivity contribution >= 4 is 11.6 Å². The maximum Gasteiger partial charge on any atom is 0.241 e. The van der Waals surface area contributed by atoms with Crippen LogP contribution in [0.25, 0.3) is 0 Å². The second-order valence-corrected chi connectivity index (χ2v) is 7.11. The molecule has 3 aromatic rings. The van der Waals surface area contributed by atoms with Crippen molar-refractivity contribution in [2.45, 2.75) is 31.8 Å². The van der Waals surface area contributed by atoms with E-state index >= 15 is 0 Å². The first-order chi connectivity index (χ1) is 14.2. The van der Waals surface area contributed by atoms with E-state index in [2.05, 4.69) is 20.4 Å². The van der Waals surface area contributed by atoms with E-state index in [1.807, 2.05) is 54.6 Å². The van der Waals surface area contributed by atoms with Crippen molar-refractivity contribution in [3.63, 3.8) is 0 Å². The second kappa shape index (κ2) is 8.87. The SMILES string of the molecule is COc1ccc(NC(=O)C2CCCN2Cc2nc(Cc3ccccc3)no2)cc1. The van der Waals surface area contributed by atoms with Crippen LogP contribution in [-0.4, -0.2) is 40.6 Å². The van der Waals surface area contributed by atoms with E-state index in [9.17, 15) is 4.79 Å². The molecule has 1 saturated heterocycles. The number of benzene rings is 2. The number of ether oxygens (including phenoxy) is 1. The number of likely N-dealkylation sites (tertiary alicyclic amines) is 1. The number of carbonyl (C=O) groups is 1. The summed E-state index contributed by atoms with van der Waals surface area (Å²) in [5.41, 5.74) is 1.89. The summed E-state index contributed by atoms with van der Waals surface area (Å²) in [4.78, 5) is 19.4. The molecule has 4 rings (SSSR count). The predicted octanol–water partition coefficient (Wildman–Crippen LogP) is 3.27. The molecule has 1 atom stereocenters. The molecule has 7 heteroatoms.